The lowest BCUT2D eigenvalue weighted by molar-refractivity contribution is -0.137. The number of carbonyl (C=O) groups is 1. The zero-order chi connectivity index (χ0) is 26.1. The Morgan fingerprint density at radius 2 is 2.08 bits per heavy atom. The molecule has 2 aromatic carbocycles. The number of piperidine rings is 1. The molecule has 3 aromatic rings. The number of aromatic nitrogens is 2. The predicted octanol–water partition coefficient (Wildman–Crippen LogP) is 3.98. The van der Waals surface area contributed by atoms with E-state index in [1.54, 1.807) is 12.1 Å². The zero-order valence-corrected chi connectivity index (χ0v) is 22.2. The van der Waals surface area contributed by atoms with Crippen molar-refractivity contribution in [3.8, 4) is 6.07 Å². The number of benzene rings is 2. The van der Waals surface area contributed by atoms with E-state index in [1.165, 1.54) is 0 Å². The first kappa shape index (κ1) is 25.8. The van der Waals surface area contributed by atoms with Gasteiger partial charge in [-0.1, -0.05) is 35.7 Å². The van der Waals surface area contributed by atoms with Gasteiger partial charge in [-0.3, -0.25) is 9.48 Å². The van der Waals surface area contributed by atoms with Crippen molar-refractivity contribution in [3.05, 3.63) is 57.7 Å². The van der Waals surface area contributed by atoms with E-state index in [4.69, 9.17) is 23.2 Å². The number of fused-ring (bicyclic) bond motifs is 1. The molecule has 37 heavy (non-hydrogen) atoms. The standard InChI is InChI=1S/C27H30Cl2N6O2/c1-17(21-7-5-18(28)12-23(21)29)35-26-13-19(6-8-22(26)25(14-30)32-35)33-10-11-34(20(15-33)16-36)27(37)24-4-2-3-9-31-24/h5-8,12-13,17,20,24,31,36H,2-4,9-11,15-16H2,1H3/t17?,20-,24?/m0/s1. The molecule has 2 N–H and O–H groups in total. The molecule has 0 spiro atoms. The Kier molecular flexibility index (Phi) is 7.59. The summed E-state index contributed by atoms with van der Waals surface area (Å²) in [5.74, 6) is 0.0826. The average molecular weight is 541 g/mol. The zero-order valence-electron chi connectivity index (χ0n) is 20.7. The topological polar surface area (TPSA) is 97.4 Å². The highest BCUT2D eigenvalue weighted by Crippen LogP contribution is 2.33. The molecule has 5 rings (SSSR count). The number of aliphatic hydroxyl groups excluding tert-OH is 1. The Morgan fingerprint density at radius 3 is 2.78 bits per heavy atom. The van der Waals surface area contributed by atoms with Gasteiger partial charge in [0.05, 0.1) is 30.2 Å². The molecular weight excluding hydrogens is 511 g/mol. The van der Waals surface area contributed by atoms with Gasteiger partial charge in [-0.15, -0.1) is 0 Å². The number of rotatable bonds is 5. The molecule has 0 saturated carbocycles. The molecule has 0 radical (unpaired) electrons. The molecule has 0 aliphatic carbocycles. The molecule has 0 bridgehead atoms. The number of nitrogens with zero attached hydrogens (tertiary/aromatic N) is 5. The highest BCUT2D eigenvalue weighted by molar-refractivity contribution is 6.35. The number of carbonyl (C=O) groups excluding carboxylic acids is 1. The van der Waals surface area contributed by atoms with Crippen LogP contribution in [0.1, 0.15) is 43.5 Å². The van der Waals surface area contributed by atoms with E-state index in [2.05, 4.69) is 21.4 Å². The monoisotopic (exact) mass is 540 g/mol. The van der Waals surface area contributed by atoms with Crippen LogP contribution in [0.5, 0.6) is 0 Å². The van der Waals surface area contributed by atoms with Crippen LogP contribution in [-0.4, -0.2) is 70.6 Å². The minimum absolute atomic E-state index is 0.0826. The number of amides is 1. The van der Waals surface area contributed by atoms with Crippen LogP contribution in [0.2, 0.25) is 10.0 Å². The van der Waals surface area contributed by atoms with Crippen molar-refractivity contribution in [1.29, 1.82) is 5.26 Å². The fourth-order valence-electron chi connectivity index (χ4n) is 5.47. The molecule has 8 nitrogen and oxygen atoms in total. The van der Waals surface area contributed by atoms with Crippen LogP contribution in [0.25, 0.3) is 10.9 Å². The summed E-state index contributed by atoms with van der Waals surface area (Å²) in [6.07, 6.45) is 2.98. The molecule has 3 heterocycles. The van der Waals surface area contributed by atoms with Gasteiger partial charge in [0.1, 0.15) is 6.07 Å². The van der Waals surface area contributed by atoms with E-state index in [0.717, 1.165) is 48.0 Å². The third kappa shape index (κ3) is 5.01. The van der Waals surface area contributed by atoms with Gasteiger partial charge in [0.25, 0.3) is 0 Å². The number of piperazine rings is 1. The van der Waals surface area contributed by atoms with Gasteiger partial charge >= 0.3 is 0 Å². The number of halogens is 2. The Balaban J connectivity index is 1.43. The molecule has 1 aromatic heterocycles. The minimum Gasteiger partial charge on any atom is -0.394 e. The second-order valence-corrected chi connectivity index (χ2v) is 10.6. The summed E-state index contributed by atoms with van der Waals surface area (Å²) in [6.45, 7) is 4.47. The minimum atomic E-state index is -0.285. The first-order valence-corrected chi connectivity index (χ1v) is 13.4. The largest absolute Gasteiger partial charge is 0.394 e. The van der Waals surface area contributed by atoms with Crippen LogP contribution in [-0.2, 0) is 4.79 Å². The summed E-state index contributed by atoms with van der Waals surface area (Å²) in [6, 6.07) is 12.8. The van der Waals surface area contributed by atoms with Crippen LogP contribution in [0.3, 0.4) is 0 Å². The van der Waals surface area contributed by atoms with Gasteiger partial charge in [0, 0.05) is 40.8 Å². The third-order valence-corrected chi connectivity index (χ3v) is 8.09. The lowest BCUT2D eigenvalue weighted by Crippen LogP contribution is -2.60. The van der Waals surface area contributed by atoms with Crippen molar-refractivity contribution in [2.75, 3.05) is 37.7 Å². The van der Waals surface area contributed by atoms with E-state index >= 15 is 0 Å². The summed E-state index contributed by atoms with van der Waals surface area (Å²) in [5, 5.41) is 29.7. The maximum absolute atomic E-state index is 13.2. The van der Waals surface area contributed by atoms with E-state index < -0.39 is 0 Å². The smallest absolute Gasteiger partial charge is 0.240 e. The van der Waals surface area contributed by atoms with Crippen LogP contribution in [0.15, 0.2) is 36.4 Å². The summed E-state index contributed by atoms with van der Waals surface area (Å²) in [7, 11) is 0. The summed E-state index contributed by atoms with van der Waals surface area (Å²) >= 11 is 12.6. The maximum Gasteiger partial charge on any atom is 0.240 e. The number of anilines is 1. The molecule has 2 unspecified atom stereocenters. The number of hydrogen-bond acceptors (Lipinski definition) is 6. The van der Waals surface area contributed by atoms with E-state index in [-0.39, 0.29) is 30.6 Å². The van der Waals surface area contributed by atoms with Gasteiger partial charge in [-0.2, -0.15) is 10.4 Å². The average Bonchev–Trinajstić information content (AvgIpc) is 3.30. The van der Waals surface area contributed by atoms with E-state index in [9.17, 15) is 15.2 Å². The molecule has 194 valence electrons. The lowest BCUT2D eigenvalue weighted by Gasteiger charge is -2.43. The van der Waals surface area contributed by atoms with Crippen LogP contribution < -0.4 is 10.2 Å². The molecule has 2 fully saturated rings. The molecule has 10 heteroatoms. The Hall–Kier alpha value is -2.83. The lowest BCUT2D eigenvalue weighted by atomic mass is 10.0. The summed E-state index contributed by atoms with van der Waals surface area (Å²) < 4.78 is 1.82. The van der Waals surface area contributed by atoms with Crippen LogP contribution >= 0.6 is 23.2 Å². The summed E-state index contributed by atoms with van der Waals surface area (Å²) in [5.41, 5.74) is 2.98. The first-order chi connectivity index (χ1) is 17.9. The predicted molar refractivity (Wildman–Crippen MR) is 145 cm³/mol. The third-order valence-electron chi connectivity index (χ3n) is 7.53. The van der Waals surface area contributed by atoms with Gasteiger partial charge in [-0.05, 0) is 62.2 Å². The number of hydrogen-bond donors (Lipinski definition) is 2. The molecule has 2 saturated heterocycles. The van der Waals surface area contributed by atoms with E-state index in [0.29, 0.717) is 35.4 Å². The first-order valence-electron chi connectivity index (χ1n) is 12.7. The number of aliphatic hydroxyl groups is 1. The second-order valence-electron chi connectivity index (χ2n) is 9.76. The molecule has 3 atom stereocenters. The van der Waals surface area contributed by atoms with Crippen LogP contribution in [0.4, 0.5) is 5.69 Å². The molecular formula is C27H30Cl2N6O2. The van der Waals surface area contributed by atoms with Crippen molar-refractivity contribution in [2.45, 2.75) is 44.3 Å². The SMILES string of the molecule is CC(c1ccc(Cl)cc1Cl)n1nc(C#N)c2ccc(N3CCN(C(=O)C4CCCCN4)[C@H](CO)C3)cc21. The highest BCUT2D eigenvalue weighted by Gasteiger charge is 2.34. The van der Waals surface area contributed by atoms with Crippen molar-refractivity contribution < 1.29 is 9.90 Å². The number of nitriles is 1. The molecule has 2 aliphatic heterocycles. The van der Waals surface area contributed by atoms with Crippen molar-refractivity contribution in [1.82, 2.24) is 20.0 Å². The second kappa shape index (κ2) is 10.9. The Labute approximate surface area is 226 Å². The highest BCUT2D eigenvalue weighted by atomic mass is 35.5. The fourth-order valence-corrected chi connectivity index (χ4v) is 6.04. The van der Waals surface area contributed by atoms with Gasteiger partial charge in [0.2, 0.25) is 5.91 Å². The number of nitrogens with one attached hydrogen (secondary N) is 1. The Morgan fingerprint density at radius 1 is 1.24 bits per heavy atom. The van der Waals surface area contributed by atoms with Gasteiger partial charge in [0.15, 0.2) is 5.69 Å². The maximum atomic E-state index is 13.2. The summed E-state index contributed by atoms with van der Waals surface area (Å²) in [4.78, 5) is 17.2. The fraction of sp³-hybridized carbons (Fsp3) is 0.444. The normalized spacial score (nSPS) is 21.2. The van der Waals surface area contributed by atoms with Gasteiger partial charge in [-0.25, -0.2) is 0 Å². The quantitative estimate of drug-likeness (QED) is 0.508. The van der Waals surface area contributed by atoms with Gasteiger partial charge < -0.3 is 20.2 Å². The Bertz CT molecular complexity index is 1350. The van der Waals surface area contributed by atoms with Crippen molar-refractivity contribution in [3.63, 3.8) is 0 Å². The van der Waals surface area contributed by atoms with Crippen LogP contribution in [0, 0.1) is 11.3 Å². The molecule has 1 amide bonds. The van der Waals surface area contributed by atoms with Crippen molar-refractivity contribution in [2.24, 2.45) is 0 Å². The molecule has 2 aliphatic rings. The van der Waals surface area contributed by atoms with E-state index in [1.807, 2.05) is 40.8 Å². The van der Waals surface area contributed by atoms with Crippen molar-refractivity contribution >= 4 is 45.7 Å².